The zero-order valence-electron chi connectivity index (χ0n) is 10.3. The van der Waals surface area contributed by atoms with Gasteiger partial charge in [-0.1, -0.05) is 5.10 Å². The lowest BCUT2D eigenvalue weighted by atomic mass is 10.3. The van der Waals surface area contributed by atoms with Crippen LogP contribution in [0.2, 0.25) is 0 Å². The molecule has 1 atom stereocenters. The number of ether oxygens (including phenoxy) is 1. The molecule has 1 aromatic carbocycles. The molecule has 0 aliphatic rings. The van der Waals surface area contributed by atoms with E-state index >= 15 is 0 Å². The van der Waals surface area contributed by atoms with Crippen LogP contribution in [0, 0.1) is 0 Å². The van der Waals surface area contributed by atoms with Gasteiger partial charge in [0.1, 0.15) is 5.75 Å². The Labute approximate surface area is 127 Å². The van der Waals surface area contributed by atoms with Crippen molar-refractivity contribution >= 4 is 43.6 Å². The third-order valence-electron chi connectivity index (χ3n) is 2.31. The molecule has 6 nitrogen and oxygen atoms in total. The van der Waals surface area contributed by atoms with E-state index in [1.807, 2.05) is 12.1 Å². The third kappa shape index (κ3) is 3.26. The van der Waals surface area contributed by atoms with E-state index in [4.69, 9.17) is 14.9 Å². The molecule has 0 radical (unpaired) electrons. The monoisotopic (exact) mass is 390 g/mol. The number of aromatic nitrogens is 2. The van der Waals surface area contributed by atoms with Crippen LogP contribution in [-0.2, 0) is 0 Å². The van der Waals surface area contributed by atoms with Gasteiger partial charge in [0.2, 0.25) is 5.89 Å². The summed E-state index contributed by atoms with van der Waals surface area (Å²) >= 11 is 6.84. The van der Waals surface area contributed by atoms with Crippen LogP contribution in [0.4, 0.5) is 11.7 Å². The maximum absolute atomic E-state index is 5.66. The Kier molecular flexibility index (Phi) is 4.43. The molecule has 0 fully saturated rings. The van der Waals surface area contributed by atoms with Gasteiger partial charge in [0.15, 0.2) is 0 Å². The number of halogens is 2. The SMILES string of the molecule is COc1cc(Nc2nnc(C(C)N)o2)c(Br)cc1Br. The number of benzene rings is 1. The number of nitrogens with one attached hydrogen (secondary N) is 1. The molecule has 8 heteroatoms. The number of rotatable bonds is 4. The van der Waals surface area contributed by atoms with E-state index in [0.717, 1.165) is 14.6 Å². The van der Waals surface area contributed by atoms with Crippen molar-refractivity contribution in [2.45, 2.75) is 13.0 Å². The highest BCUT2D eigenvalue weighted by Crippen LogP contribution is 2.35. The van der Waals surface area contributed by atoms with Crippen LogP contribution in [0.5, 0.6) is 5.75 Å². The first-order valence-corrected chi connectivity index (χ1v) is 6.99. The van der Waals surface area contributed by atoms with Gasteiger partial charge in [0.25, 0.3) is 0 Å². The number of anilines is 2. The summed E-state index contributed by atoms with van der Waals surface area (Å²) in [6.07, 6.45) is 0. The predicted octanol–water partition coefficient (Wildman–Crippen LogP) is 3.37. The summed E-state index contributed by atoms with van der Waals surface area (Å²) in [5.41, 5.74) is 6.41. The molecular weight excluding hydrogens is 380 g/mol. The van der Waals surface area contributed by atoms with Gasteiger partial charge in [-0.3, -0.25) is 0 Å². The maximum atomic E-state index is 5.66. The summed E-state index contributed by atoms with van der Waals surface area (Å²) in [5, 5.41) is 10.7. The second-order valence-electron chi connectivity index (χ2n) is 3.83. The standard InChI is InChI=1S/C11H12Br2N4O2/c1-5(14)10-16-17-11(19-10)15-8-4-9(18-2)7(13)3-6(8)12/h3-5H,14H2,1-2H3,(H,15,17). The first-order chi connectivity index (χ1) is 9.01. The summed E-state index contributed by atoms with van der Waals surface area (Å²) in [6, 6.07) is 3.65. The van der Waals surface area contributed by atoms with Crippen molar-refractivity contribution in [3.05, 3.63) is 27.0 Å². The molecule has 3 N–H and O–H groups in total. The van der Waals surface area contributed by atoms with Crippen molar-refractivity contribution in [3.8, 4) is 5.75 Å². The first kappa shape index (κ1) is 14.3. The molecule has 1 heterocycles. The van der Waals surface area contributed by atoms with Crippen molar-refractivity contribution < 1.29 is 9.15 Å². The third-order valence-corrected chi connectivity index (χ3v) is 3.59. The van der Waals surface area contributed by atoms with Gasteiger partial charge in [0, 0.05) is 10.5 Å². The van der Waals surface area contributed by atoms with Crippen molar-refractivity contribution in [1.29, 1.82) is 0 Å². The number of nitrogens with two attached hydrogens (primary N) is 1. The van der Waals surface area contributed by atoms with Gasteiger partial charge >= 0.3 is 6.01 Å². The topological polar surface area (TPSA) is 86.2 Å². The van der Waals surface area contributed by atoms with Crippen LogP contribution in [0.25, 0.3) is 0 Å². The Balaban J connectivity index is 2.27. The number of hydrogen-bond donors (Lipinski definition) is 2. The molecule has 0 aliphatic carbocycles. The minimum Gasteiger partial charge on any atom is -0.495 e. The van der Waals surface area contributed by atoms with Crippen LogP contribution < -0.4 is 15.8 Å². The van der Waals surface area contributed by atoms with E-state index in [-0.39, 0.29) is 12.1 Å². The maximum Gasteiger partial charge on any atom is 0.320 e. The Morgan fingerprint density at radius 2 is 2.05 bits per heavy atom. The molecule has 0 spiro atoms. The molecule has 2 rings (SSSR count). The normalized spacial score (nSPS) is 12.3. The smallest absolute Gasteiger partial charge is 0.320 e. The summed E-state index contributed by atoms with van der Waals surface area (Å²) in [5.74, 6) is 1.07. The van der Waals surface area contributed by atoms with Crippen molar-refractivity contribution in [1.82, 2.24) is 10.2 Å². The van der Waals surface area contributed by atoms with Crippen LogP contribution in [0.3, 0.4) is 0 Å². The zero-order chi connectivity index (χ0) is 14.0. The Bertz CT molecular complexity index is 586. The van der Waals surface area contributed by atoms with Gasteiger partial charge in [-0.25, -0.2) is 0 Å². The minimum absolute atomic E-state index is 0.275. The predicted molar refractivity (Wildman–Crippen MR) is 78.6 cm³/mol. The molecular formula is C11H12Br2N4O2. The molecule has 1 unspecified atom stereocenters. The largest absolute Gasteiger partial charge is 0.495 e. The van der Waals surface area contributed by atoms with Gasteiger partial charge < -0.3 is 20.2 Å². The van der Waals surface area contributed by atoms with Crippen LogP contribution in [-0.4, -0.2) is 17.3 Å². The lowest BCUT2D eigenvalue weighted by Crippen LogP contribution is -2.04. The van der Waals surface area contributed by atoms with Crippen LogP contribution in [0.15, 0.2) is 25.5 Å². The Morgan fingerprint density at radius 1 is 1.32 bits per heavy atom. The van der Waals surface area contributed by atoms with Crippen molar-refractivity contribution in [3.63, 3.8) is 0 Å². The van der Waals surface area contributed by atoms with Crippen LogP contribution >= 0.6 is 31.9 Å². The van der Waals surface area contributed by atoms with E-state index in [0.29, 0.717) is 11.6 Å². The second-order valence-corrected chi connectivity index (χ2v) is 5.53. The minimum atomic E-state index is -0.300. The summed E-state index contributed by atoms with van der Waals surface area (Å²) in [6.45, 7) is 1.77. The van der Waals surface area contributed by atoms with Crippen molar-refractivity contribution in [2.75, 3.05) is 12.4 Å². The van der Waals surface area contributed by atoms with E-state index in [2.05, 4.69) is 47.4 Å². The molecule has 2 aromatic rings. The van der Waals surface area contributed by atoms with E-state index in [1.165, 1.54) is 0 Å². The molecule has 1 aromatic heterocycles. The molecule has 19 heavy (non-hydrogen) atoms. The fourth-order valence-corrected chi connectivity index (χ4v) is 2.62. The Hall–Kier alpha value is -1.12. The first-order valence-electron chi connectivity index (χ1n) is 5.40. The summed E-state index contributed by atoms with van der Waals surface area (Å²) < 4.78 is 12.3. The van der Waals surface area contributed by atoms with E-state index in [9.17, 15) is 0 Å². The number of nitrogens with zero attached hydrogens (tertiary/aromatic N) is 2. The van der Waals surface area contributed by atoms with Gasteiger partial charge in [0.05, 0.1) is 23.3 Å². The average Bonchev–Trinajstić information content (AvgIpc) is 2.81. The number of hydrogen-bond acceptors (Lipinski definition) is 6. The highest BCUT2D eigenvalue weighted by atomic mass is 79.9. The lowest BCUT2D eigenvalue weighted by molar-refractivity contribution is 0.412. The summed E-state index contributed by atoms with van der Waals surface area (Å²) in [7, 11) is 1.60. The number of methoxy groups -OCH3 is 1. The fraction of sp³-hybridized carbons (Fsp3) is 0.273. The summed E-state index contributed by atoms with van der Waals surface area (Å²) in [4.78, 5) is 0. The second kappa shape index (κ2) is 5.89. The molecule has 0 aliphatic heterocycles. The molecule has 0 saturated heterocycles. The fourth-order valence-electron chi connectivity index (χ4n) is 1.37. The average molecular weight is 392 g/mol. The highest BCUT2D eigenvalue weighted by molar-refractivity contribution is 9.11. The molecule has 0 bridgehead atoms. The highest BCUT2D eigenvalue weighted by Gasteiger charge is 2.12. The van der Waals surface area contributed by atoms with E-state index in [1.54, 1.807) is 14.0 Å². The van der Waals surface area contributed by atoms with Crippen molar-refractivity contribution in [2.24, 2.45) is 5.73 Å². The molecule has 0 saturated carbocycles. The molecule has 102 valence electrons. The lowest BCUT2D eigenvalue weighted by Gasteiger charge is -2.09. The van der Waals surface area contributed by atoms with E-state index < -0.39 is 0 Å². The van der Waals surface area contributed by atoms with Gasteiger partial charge in [-0.15, -0.1) is 5.10 Å². The van der Waals surface area contributed by atoms with Crippen LogP contribution in [0.1, 0.15) is 18.9 Å². The quantitative estimate of drug-likeness (QED) is 0.830. The zero-order valence-corrected chi connectivity index (χ0v) is 13.4. The molecule has 0 amide bonds. The Morgan fingerprint density at radius 3 is 2.63 bits per heavy atom. The van der Waals surface area contributed by atoms with Gasteiger partial charge in [-0.05, 0) is 44.8 Å². The van der Waals surface area contributed by atoms with Gasteiger partial charge in [-0.2, -0.15) is 0 Å².